The second kappa shape index (κ2) is 8.69. The number of aromatic nitrogens is 5. The Bertz CT molecular complexity index is 999. The Hall–Kier alpha value is -2.52. The molecular formula is C21H31N7O2. The number of anilines is 1. The van der Waals surface area contributed by atoms with Crippen molar-refractivity contribution in [2.24, 2.45) is 0 Å². The lowest BCUT2D eigenvalue weighted by Crippen LogP contribution is -2.45. The Kier molecular flexibility index (Phi) is 6.01. The first-order valence-corrected chi connectivity index (χ1v) is 10.6. The number of aryl methyl sites for hydroxylation is 2. The average molecular weight is 414 g/mol. The number of hydrogen-bond acceptors (Lipinski definition) is 8. The van der Waals surface area contributed by atoms with E-state index < -0.39 is 0 Å². The number of fused-ring (bicyclic) bond motifs is 1. The lowest BCUT2D eigenvalue weighted by molar-refractivity contribution is 0.143. The standard InChI is InChI=1S/C21H31N7O2/c1-5-28-14-23-17-18(22-8-10-29-4)25-20(26-19(17)28)21(3)7-6-9-27(13-21)11-16-12-30-15(2)24-16/h12,14H,5-11,13H2,1-4H3,(H,22,25,26). The third kappa shape index (κ3) is 4.17. The first kappa shape index (κ1) is 20.7. The van der Waals surface area contributed by atoms with E-state index in [0.29, 0.717) is 19.0 Å². The summed E-state index contributed by atoms with van der Waals surface area (Å²) in [6, 6.07) is 0. The molecule has 1 aliphatic heterocycles. The van der Waals surface area contributed by atoms with Gasteiger partial charge in [0.15, 0.2) is 17.4 Å². The number of oxazole rings is 1. The van der Waals surface area contributed by atoms with Crippen LogP contribution in [0.25, 0.3) is 11.2 Å². The molecule has 3 aromatic rings. The van der Waals surface area contributed by atoms with E-state index in [9.17, 15) is 0 Å². The first-order chi connectivity index (χ1) is 14.5. The number of piperidine rings is 1. The van der Waals surface area contributed by atoms with Gasteiger partial charge in [0, 0.05) is 45.6 Å². The third-order valence-electron chi connectivity index (χ3n) is 5.77. The van der Waals surface area contributed by atoms with Gasteiger partial charge in [-0.2, -0.15) is 0 Å². The van der Waals surface area contributed by atoms with Crippen molar-refractivity contribution in [1.29, 1.82) is 0 Å². The van der Waals surface area contributed by atoms with Gasteiger partial charge in [0.1, 0.15) is 17.6 Å². The molecule has 0 spiro atoms. The first-order valence-electron chi connectivity index (χ1n) is 10.6. The van der Waals surface area contributed by atoms with Crippen LogP contribution in [0.1, 0.15) is 44.1 Å². The molecule has 9 nitrogen and oxygen atoms in total. The summed E-state index contributed by atoms with van der Waals surface area (Å²) in [5.41, 5.74) is 2.52. The maximum atomic E-state index is 5.38. The molecule has 30 heavy (non-hydrogen) atoms. The van der Waals surface area contributed by atoms with Crippen LogP contribution in [0.5, 0.6) is 0 Å². The van der Waals surface area contributed by atoms with Crippen molar-refractivity contribution < 1.29 is 9.15 Å². The highest BCUT2D eigenvalue weighted by molar-refractivity contribution is 5.83. The number of ether oxygens (including phenoxy) is 1. The summed E-state index contributed by atoms with van der Waals surface area (Å²) in [5, 5.41) is 3.39. The van der Waals surface area contributed by atoms with Crippen molar-refractivity contribution in [3.63, 3.8) is 0 Å². The van der Waals surface area contributed by atoms with Crippen LogP contribution >= 0.6 is 0 Å². The van der Waals surface area contributed by atoms with E-state index in [0.717, 1.165) is 67.5 Å². The summed E-state index contributed by atoms with van der Waals surface area (Å²) in [7, 11) is 1.70. The Morgan fingerprint density at radius 1 is 1.30 bits per heavy atom. The van der Waals surface area contributed by atoms with E-state index in [1.54, 1.807) is 13.4 Å². The van der Waals surface area contributed by atoms with Crippen LogP contribution < -0.4 is 5.32 Å². The molecule has 0 bridgehead atoms. The number of nitrogens with zero attached hydrogens (tertiary/aromatic N) is 6. The molecule has 4 rings (SSSR count). The van der Waals surface area contributed by atoms with Crippen molar-refractivity contribution in [3.8, 4) is 0 Å². The molecular weight excluding hydrogens is 382 g/mol. The molecule has 0 aromatic carbocycles. The van der Waals surface area contributed by atoms with Crippen LogP contribution in [0.4, 0.5) is 5.82 Å². The van der Waals surface area contributed by atoms with Gasteiger partial charge in [-0.1, -0.05) is 6.92 Å². The van der Waals surface area contributed by atoms with Crippen LogP contribution in [0.2, 0.25) is 0 Å². The zero-order chi connectivity index (χ0) is 21.1. The SMILES string of the molecule is CCn1cnc2c(NCCOC)nc(C3(C)CCCN(Cc4coc(C)n4)C3)nc21. The fraction of sp³-hybridized carbons (Fsp3) is 0.619. The van der Waals surface area contributed by atoms with Crippen LogP contribution in [0.3, 0.4) is 0 Å². The van der Waals surface area contributed by atoms with E-state index in [2.05, 4.69) is 38.6 Å². The van der Waals surface area contributed by atoms with Crippen molar-refractivity contribution in [3.05, 3.63) is 30.0 Å². The molecule has 1 saturated heterocycles. The van der Waals surface area contributed by atoms with Crippen LogP contribution in [-0.4, -0.2) is 62.8 Å². The number of rotatable bonds is 8. The van der Waals surface area contributed by atoms with Gasteiger partial charge >= 0.3 is 0 Å². The summed E-state index contributed by atoms with van der Waals surface area (Å²) in [5.74, 6) is 2.36. The molecule has 1 unspecified atom stereocenters. The van der Waals surface area contributed by atoms with Gasteiger partial charge in [0.25, 0.3) is 0 Å². The predicted molar refractivity (Wildman–Crippen MR) is 114 cm³/mol. The normalized spacial score (nSPS) is 20.1. The topological polar surface area (TPSA) is 94.1 Å². The molecule has 0 aliphatic carbocycles. The van der Waals surface area contributed by atoms with E-state index in [-0.39, 0.29) is 5.41 Å². The third-order valence-corrected chi connectivity index (χ3v) is 5.77. The van der Waals surface area contributed by atoms with Crippen molar-refractivity contribution >= 4 is 17.0 Å². The number of methoxy groups -OCH3 is 1. The van der Waals surface area contributed by atoms with Gasteiger partial charge in [0.2, 0.25) is 0 Å². The highest BCUT2D eigenvalue weighted by Gasteiger charge is 2.36. The molecule has 1 atom stereocenters. The molecule has 1 aliphatic rings. The van der Waals surface area contributed by atoms with Crippen molar-refractivity contribution in [2.45, 2.75) is 52.1 Å². The molecule has 4 heterocycles. The van der Waals surface area contributed by atoms with Crippen LogP contribution in [-0.2, 0) is 23.2 Å². The number of nitrogens with one attached hydrogen (secondary N) is 1. The lowest BCUT2D eigenvalue weighted by Gasteiger charge is -2.39. The molecule has 9 heteroatoms. The van der Waals surface area contributed by atoms with Gasteiger partial charge in [0.05, 0.1) is 18.6 Å². The van der Waals surface area contributed by atoms with Crippen LogP contribution in [0, 0.1) is 6.92 Å². The minimum atomic E-state index is -0.147. The number of hydrogen-bond donors (Lipinski definition) is 1. The number of imidazole rings is 1. The van der Waals surface area contributed by atoms with E-state index >= 15 is 0 Å². The van der Waals surface area contributed by atoms with Crippen molar-refractivity contribution in [1.82, 2.24) is 29.4 Å². The Labute approximate surface area is 176 Å². The average Bonchev–Trinajstić information content (AvgIpc) is 3.33. The van der Waals surface area contributed by atoms with Gasteiger partial charge in [-0.15, -0.1) is 0 Å². The maximum absolute atomic E-state index is 5.38. The molecule has 3 aromatic heterocycles. The van der Waals surface area contributed by atoms with E-state index in [1.165, 1.54) is 0 Å². The van der Waals surface area contributed by atoms with Crippen molar-refractivity contribution in [2.75, 3.05) is 38.7 Å². The predicted octanol–water partition coefficient (Wildman–Crippen LogP) is 2.75. The van der Waals surface area contributed by atoms with Gasteiger partial charge in [-0.3, -0.25) is 4.90 Å². The summed E-state index contributed by atoms with van der Waals surface area (Å²) in [6.45, 7) is 11.0. The van der Waals surface area contributed by atoms with Gasteiger partial charge in [-0.25, -0.2) is 19.9 Å². The molecule has 0 amide bonds. The summed E-state index contributed by atoms with van der Waals surface area (Å²) >= 11 is 0. The maximum Gasteiger partial charge on any atom is 0.191 e. The lowest BCUT2D eigenvalue weighted by atomic mass is 9.81. The second-order valence-corrected chi connectivity index (χ2v) is 8.25. The Morgan fingerprint density at radius 2 is 2.17 bits per heavy atom. The van der Waals surface area contributed by atoms with E-state index in [4.69, 9.17) is 19.1 Å². The van der Waals surface area contributed by atoms with Gasteiger partial charge in [-0.05, 0) is 26.3 Å². The fourth-order valence-electron chi connectivity index (χ4n) is 4.21. The zero-order valence-corrected chi connectivity index (χ0v) is 18.3. The second-order valence-electron chi connectivity index (χ2n) is 8.25. The zero-order valence-electron chi connectivity index (χ0n) is 18.3. The Balaban J connectivity index is 1.64. The smallest absolute Gasteiger partial charge is 0.191 e. The Morgan fingerprint density at radius 3 is 2.90 bits per heavy atom. The molecule has 0 saturated carbocycles. The number of likely N-dealkylation sites (tertiary alicyclic amines) is 1. The van der Waals surface area contributed by atoms with Gasteiger partial charge < -0.3 is 19.0 Å². The quantitative estimate of drug-likeness (QED) is 0.564. The molecule has 1 N–H and O–H groups in total. The molecule has 0 radical (unpaired) electrons. The summed E-state index contributed by atoms with van der Waals surface area (Å²) in [6.07, 6.45) is 5.73. The minimum absolute atomic E-state index is 0.147. The largest absolute Gasteiger partial charge is 0.449 e. The highest BCUT2D eigenvalue weighted by Crippen LogP contribution is 2.34. The molecule has 1 fully saturated rings. The molecule has 162 valence electrons. The summed E-state index contributed by atoms with van der Waals surface area (Å²) < 4.78 is 12.6. The summed E-state index contributed by atoms with van der Waals surface area (Å²) in [4.78, 5) is 21.4. The minimum Gasteiger partial charge on any atom is -0.449 e. The fourth-order valence-corrected chi connectivity index (χ4v) is 4.21. The van der Waals surface area contributed by atoms with Crippen LogP contribution in [0.15, 0.2) is 17.0 Å². The monoisotopic (exact) mass is 413 g/mol. The van der Waals surface area contributed by atoms with E-state index in [1.807, 2.05) is 13.3 Å². The highest BCUT2D eigenvalue weighted by atomic mass is 16.5.